The van der Waals surface area contributed by atoms with E-state index < -0.39 is 0 Å². The molecule has 2 heteroatoms. The van der Waals surface area contributed by atoms with Gasteiger partial charge in [0.1, 0.15) is 0 Å². The zero-order chi connectivity index (χ0) is 31.5. The highest BCUT2D eigenvalue weighted by Gasteiger charge is 2.35. The van der Waals surface area contributed by atoms with Crippen LogP contribution in [0, 0.1) is 0 Å². The van der Waals surface area contributed by atoms with Crippen LogP contribution in [0.3, 0.4) is 0 Å². The molecule has 1 aliphatic rings. The number of rotatable bonds is 5. The Kier molecular flexibility index (Phi) is 6.20. The second kappa shape index (κ2) is 10.6. The third kappa shape index (κ3) is 4.33. The minimum Gasteiger partial charge on any atom is -0.310 e. The second-order valence-corrected chi connectivity index (χ2v) is 13.0. The van der Waals surface area contributed by atoms with Gasteiger partial charge in [0.2, 0.25) is 0 Å². The Morgan fingerprint density at radius 2 is 1.02 bits per heavy atom. The van der Waals surface area contributed by atoms with Crippen molar-refractivity contribution in [3.8, 4) is 27.9 Å². The van der Waals surface area contributed by atoms with Crippen LogP contribution in [0.15, 0.2) is 170 Å². The van der Waals surface area contributed by atoms with Crippen molar-refractivity contribution in [1.29, 1.82) is 0 Å². The summed E-state index contributed by atoms with van der Waals surface area (Å²) in [5, 5.41) is 2.55. The average Bonchev–Trinajstić information content (AvgIpc) is 3.58. The SMILES string of the molecule is CC1(C)c2ccccc2-c2ccc(N(c3ccccc3)c3ccc(-c4cccc(-n5c6ccccc6c6ccccc65)c4)cc3)cc21. The first-order valence-electron chi connectivity index (χ1n) is 16.4. The van der Waals surface area contributed by atoms with Crippen molar-refractivity contribution in [3.63, 3.8) is 0 Å². The van der Waals surface area contributed by atoms with Gasteiger partial charge in [0.15, 0.2) is 0 Å². The molecular weight excluding hydrogens is 569 g/mol. The fourth-order valence-electron chi connectivity index (χ4n) is 7.68. The number of para-hydroxylation sites is 3. The number of nitrogens with zero attached hydrogens (tertiary/aromatic N) is 2. The third-order valence-corrected chi connectivity index (χ3v) is 9.98. The van der Waals surface area contributed by atoms with Crippen LogP contribution in [0.1, 0.15) is 25.0 Å². The number of hydrogen-bond acceptors (Lipinski definition) is 1. The Bertz CT molecular complexity index is 2380. The summed E-state index contributed by atoms with van der Waals surface area (Å²) in [6, 6.07) is 61.8. The minimum atomic E-state index is -0.0600. The molecule has 0 bridgehead atoms. The van der Waals surface area contributed by atoms with Gasteiger partial charge in [-0.3, -0.25) is 0 Å². The molecule has 1 aromatic heterocycles. The fraction of sp³-hybridized carbons (Fsp3) is 0.0667. The van der Waals surface area contributed by atoms with E-state index in [2.05, 4.69) is 193 Å². The van der Waals surface area contributed by atoms with Gasteiger partial charge in [0, 0.05) is 38.9 Å². The molecule has 9 rings (SSSR count). The van der Waals surface area contributed by atoms with Crippen LogP contribution in [0.4, 0.5) is 17.1 Å². The molecule has 1 aliphatic carbocycles. The maximum atomic E-state index is 2.39. The van der Waals surface area contributed by atoms with Gasteiger partial charge in [-0.25, -0.2) is 0 Å². The van der Waals surface area contributed by atoms with E-state index in [9.17, 15) is 0 Å². The molecule has 0 radical (unpaired) electrons. The molecule has 0 amide bonds. The lowest BCUT2D eigenvalue weighted by molar-refractivity contribution is 0.660. The van der Waals surface area contributed by atoms with Crippen molar-refractivity contribution in [1.82, 2.24) is 4.57 Å². The van der Waals surface area contributed by atoms with Crippen LogP contribution in [0.2, 0.25) is 0 Å². The Morgan fingerprint density at radius 3 is 1.77 bits per heavy atom. The normalized spacial score (nSPS) is 13.1. The lowest BCUT2D eigenvalue weighted by atomic mass is 9.82. The molecule has 0 aliphatic heterocycles. The van der Waals surface area contributed by atoms with Gasteiger partial charge >= 0.3 is 0 Å². The maximum Gasteiger partial charge on any atom is 0.0541 e. The summed E-state index contributed by atoms with van der Waals surface area (Å²) < 4.78 is 2.38. The van der Waals surface area contributed by atoms with E-state index >= 15 is 0 Å². The predicted octanol–water partition coefficient (Wildman–Crippen LogP) is 12.2. The topological polar surface area (TPSA) is 8.17 Å². The molecule has 0 fully saturated rings. The molecule has 2 nitrogen and oxygen atoms in total. The maximum absolute atomic E-state index is 2.39. The highest BCUT2D eigenvalue weighted by atomic mass is 15.1. The third-order valence-electron chi connectivity index (χ3n) is 9.98. The van der Waals surface area contributed by atoms with Crippen molar-refractivity contribution in [2.24, 2.45) is 0 Å². The molecule has 1 heterocycles. The Balaban J connectivity index is 1.12. The molecule has 0 atom stereocenters. The van der Waals surface area contributed by atoms with Crippen LogP contribution < -0.4 is 4.90 Å². The molecule has 224 valence electrons. The molecule has 0 saturated heterocycles. The summed E-state index contributed by atoms with van der Waals surface area (Å²) >= 11 is 0. The van der Waals surface area contributed by atoms with Crippen molar-refractivity contribution in [2.45, 2.75) is 19.3 Å². The van der Waals surface area contributed by atoms with Gasteiger partial charge in [-0.2, -0.15) is 0 Å². The van der Waals surface area contributed by atoms with E-state index in [-0.39, 0.29) is 5.41 Å². The molecule has 0 N–H and O–H groups in total. The van der Waals surface area contributed by atoms with Crippen molar-refractivity contribution in [3.05, 3.63) is 181 Å². The molecule has 7 aromatic carbocycles. The van der Waals surface area contributed by atoms with E-state index in [0.29, 0.717) is 0 Å². The van der Waals surface area contributed by atoms with E-state index in [0.717, 1.165) is 22.7 Å². The second-order valence-electron chi connectivity index (χ2n) is 13.0. The quantitative estimate of drug-likeness (QED) is 0.190. The molecular formula is C45H34N2. The van der Waals surface area contributed by atoms with Gasteiger partial charge in [-0.15, -0.1) is 0 Å². The van der Waals surface area contributed by atoms with Gasteiger partial charge < -0.3 is 9.47 Å². The summed E-state index contributed by atoms with van der Waals surface area (Å²) in [5.41, 5.74) is 14.8. The van der Waals surface area contributed by atoms with Crippen molar-refractivity contribution in [2.75, 3.05) is 4.90 Å². The first-order valence-corrected chi connectivity index (χ1v) is 16.4. The number of aromatic nitrogens is 1. The summed E-state index contributed by atoms with van der Waals surface area (Å²) in [6.45, 7) is 4.69. The highest BCUT2D eigenvalue weighted by Crippen LogP contribution is 2.50. The van der Waals surface area contributed by atoms with Crippen molar-refractivity contribution >= 4 is 38.9 Å². The summed E-state index contributed by atoms with van der Waals surface area (Å²) in [6.07, 6.45) is 0. The van der Waals surface area contributed by atoms with Crippen molar-refractivity contribution < 1.29 is 0 Å². The van der Waals surface area contributed by atoms with Gasteiger partial charge in [0.05, 0.1) is 11.0 Å². The van der Waals surface area contributed by atoms with E-state index in [1.807, 2.05) is 0 Å². The Morgan fingerprint density at radius 1 is 0.426 bits per heavy atom. The van der Waals surface area contributed by atoms with E-state index in [1.165, 1.54) is 55.2 Å². The van der Waals surface area contributed by atoms with Crippen LogP contribution in [0.25, 0.3) is 49.7 Å². The molecule has 0 spiro atoms. The highest BCUT2D eigenvalue weighted by molar-refractivity contribution is 6.09. The molecule has 0 unspecified atom stereocenters. The largest absolute Gasteiger partial charge is 0.310 e. The monoisotopic (exact) mass is 602 g/mol. The minimum absolute atomic E-state index is 0.0600. The lowest BCUT2D eigenvalue weighted by Crippen LogP contribution is -2.16. The molecule has 8 aromatic rings. The predicted molar refractivity (Wildman–Crippen MR) is 198 cm³/mol. The van der Waals surface area contributed by atoms with Gasteiger partial charge in [-0.1, -0.05) is 123 Å². The molecule has 47 heavy (non-hydrogen) atoms. The Labute approximate surface area is 275 Å². The smallest absolute Gasteiger partial charge is 0.0541 e. The zero-order valence-corrected chi connectivity index (χ0v) is 26.6. The van der Waals surface area contributed by atoms with E-state index in [4.69, 9.17) is 0 Å². The standard InChI is InChI=1S/C45H34N2/c1-45(2)41-20-9-6-17-37(41)38-28-27-36(30-42(38)45)46(33-14-4-3-5-15-33)34-25-23-31(24-26-34)32-13-12-16-35(29-32)47-43-21-10-7-18-39(43)40-19-8-11-22-44(40)47/h3-30H,1-2H3. The van der Waals surface area contributed by atoms with Gasteiger partial charge in [-0.05, 0) is 94.0 Å². The lowest BCUT2D eigenvalue weighted by Gasteiger charge is -2.28. The fourth-order valence-corrected chi connectivity index (χ4v) is 7.68. The van der Waals surface area contributed by atoms with E-state index in [1.54, 1.807) is 0 Å². The zero-order valence-electron chi connectivity index (χ0n) is 26.6. The average molecular weight is 603 g/mol. The first kappa shape index (κ1) is 27.5. The molecule has 0 saturated carbocycles. The number of benzene rings is 7. The number of anilines is 3. The van der Waals surface area contributed by atoms with Crippen LogP contribution in [-0.2, 0) is 5.41 Å². The summed E-state index contributed by atoms with van der Waals surface area (Å²) in [5.74, 6) is 0. The van der Waals surface area contributed by atoms with Crippen LogP contribution in [-0.4, -0.2) is 4.57 Å². The van der Waals surface area contributed by atoms with Crippen LogP contribution >= 0.6 is 0 Å². The van der Waals surface area contributed by atoms with Crippen LogP contribution in [0.5, 0.6) is 0 Å². The Hall–Kier alpha value is -5.86. The van der Waals surface area contributed by atoms with Gasteiger partial charge in [0.25, 0.3) is 0 Å². The first-order chi connectivity index (χ1) is 23.1. The summed E-state index contributed by atoms with van der Waals surface area (Å²) in [4.78, 5) is 2.37. The number of fused-ring (bicyclic) bond motifs is 6. The summed E-state index contributed by atoms with van der Waals surface area (Å²) in [7, 11) is 0. The number of hydrogen-bond donors (Lipinski definition) is 0.